The van der Waals surface area contributed by atoms with Crippen molar-refractivity contribution in [1.29, 1.82) is 0 Å². The summed E-state index contributed by atoms with van der Waals surface area (Å²) >= 11 is 11.8. The van der Waals surface area contributed by atoms with Crippen molar-refractivity contribution in [3.63, 3.8) is 0 Å². The summed E-state index contributed by atoms with van der Waals surface area (Å²) in [5.41, 5.74) is -5.52. The number of nitrogens with zero attached hydrogens (tertiary/aromatic N) is 1. The molecule has 252 valence electrons. The van der Waals surface area contributed by atoms with Crippen LogP contribution in [-0.2, 0) is 27.6 Å². The van der Waals surface area contributed by atoms with Gasteiger partial charge in [0.25, 0.3) is 11.8 Å². The number of carbonyl (C=O) groups excluding carboxylic acids is 2. The van der Waals surface area contributed by atoms with E-state index < -0.39 is 47.1 Å². The van der Waals surface area contributed by atoms with Gasteiger partial charge in [-0.1, -0.05) is 35.3 Å². The fourth-order valence-electron chi connectivity index (χ4n) is 5.25. The molecule has 48 heavy (non-hydrogen) atoms. The Morgan fingerprint density at radius 1 is 0.729 bits per heavy atom. The molecule has 0 fully saturated rings. The molecule has 0 radical (unpaired) electrons. The van der Waals surface area contributed by atoms with Gasteiger partial charge in [0.05, 0.1) is 36.7 Å². The Hall–Kier alpha value is -4.56. The van der Waals surface area contributed by atoms with Gasteiger partial charge in [-0.25, -0.2) is 8.78 Å². The molecule has 0 spiro atoms. The molecule has 0 unspecified atom stereocenters. The van der Waals surface area contributed by atoms with Crippen molar-refractivity contribution in [3.05, 3.63) is 111 Å². The van der Waals surface area contributed by atoms with Crippen LogP contribution in [0.4, 0.5) is 52.2 Å². The third kappa shape index (κ3) is 6.10. The Morgan fingerprint density at radius 3 is 1.90 bits per heavy atom. The second-order valence-corrected chi connectivity index (χ2v) is 11.2. The van der Waals surface area contributed by atoms with E-state index in [1.165, 1.54) is 50.6 Å². The van der Waals surface area contributed by atoms with Crippen molar-refractivity contribution >= 4 is 52.1 Å². The Morgan fingerprint density at radius 2 is 1.29 bits per heavy atom. The molecular weight excluding hydrogens is 699 g/mol. The van der Waals surface area contributed by atoms with Crippen LogP contribution in [-0.4, -0.2) is 26.0 Å². The van der Waals surface area contributed by atoms with Gasteiger partial charge >= 0.3 is 12.4 Å². The van der Waals surface area contributed by atoms with Gasteiger partial charge in [0, 0.05) is 32.4 Å². The fraction of sp³-hybridized carbons (Fsp3) is 0.188. The zero-order valence-corrected chi connectivity index (χ0v) is 25.9. The minimum atomic E-state index is -4.61. The van der Waals surface area contributed by atoms with Crippen LogP contribution in [0.2, 0.25) is 10.0 Å². The van der Waals surface area contributed by atoms with Crippen LogP contribution in [0, 0.1) is 0 Å². The molecule has 4 aromatic rings. The normalized spacial score (nSPS) is 18.5. The monoisotopic (exact) mass is 718 g/mol. The van der Waals surface area contributed by atoms with Crippen molar-refractivity contribution in [2.24, 2.45) is 0 Å². The van der Waals surface area contributed by atoms with E-state index in [-0.39, 0.29) is 55.3 Å². The highest BCUT2D eigenvalue weighted by molar-refractivity contribution is 6.31. The van der Waals surface area contributed by atoms with Crippen molar-refractivity contribution in [3.8, 4) is 11.5 Å². The lowest BCUT2D eigenvalue weighted by atomic mass is 9.88. The second kappa shape index (κ2) is 12.5. The first kappa shape index (κ1) is 34.8. The summed E-state index contributed by atoms with van der Waals surface area (Å²) in [6.07, 6.45) is -11.3. The van der Waals surface area contributed by atoms with E-state index in [0.717, 1.165) is 35.2 Å². The lowest BCUT2D eigenvalue weighted by molar-refractivity contribution is -0.138. The molecule has 6 rings (SSSR count). The predicted molar refractivity (Wildman–Crippen MR) is 160 cm³/mol. The summed E-state index contributed by atoms with van der Waals surface area (Å²) in [7, 11) is 2.61. The maximum absolute atomic E-state index is 15.7. The molecule has 1 N–H and O–H groups in total. The first-order valence-electron chi connectivity index (χ1n) is 13.5. The largest absolute Gasteiger partial charge is 0.496 e. The number of carbonyl (C=O) groups is 2. The molecule has 0 saturated carbocycles. The van der Waals surface area contributed by atoms with Gasteiger partial charge in [-0.3, -0.25) is 14.5 Å². The minimum absolute atomic E-state index is 0.0600. The van der Waals surface area contributed by atoms with Gasteiger partial charge < -0.3 is 14.8 Å². The molecular formula is C32H20Cl2F8N2O4. The van der Waals surface area contributed by atoms with Crippen LogP contribution in [0.3, 0.4) is 0 Å². The lowest BCUT2D eigenvalue weighted by Crippen LogP contribution is -2.31. The number of methoxy groups -OCH3 is 2. The molecule has 0 saturated heterocycles. The number of ether oxygens (including phenoxy) is 2. The van der Waals surface area contributed by atoms with Gasteiger partial charge in [0.1, 0.15) is 11.5 Å². The number of fused-ring (bicyclic) bond motifs is 2. The molecule has 6 nitrogen and oxygen atoms in total. The van der Waals surface area contributed by atoms with E-state index >= 15 is 4.39 Å². The Balaban J connectivity index is 0.000000188. The fourth-order valence-corrected chi connectivity index (χ4v) is 5.59. The maximum Gasteiger partial charge on any atom is 0.416 e. The number of hydrogen-bond donors (Lipinski definition) is 1. The van der Waals surface area contributed by atoms with Crippen molar-refractivity contribution in [2.75, 3.05) is 24.4 Å². The van der Waals surface area contributed by atoms with Crippen molar-refractivity contribution in [2.45, 2.75) is 24.2 Å². The molecule has 16 heteroatoms. The third-order valence-electron chi connectivity index (χ3n) is 7.50. The highest BCUT2D eigenvalue weighted by Gasteiger charge is 2.51. The number of nitrogens with one attached hydrogen (secondary N) is 1. The zero-order chi connectivity index (χ0) is 35.3. The quantitative estimate of drug-likeness (QED) is 0.214. The summed E-state index contributed by atoms with van der Waals surface area (Å²) < 4.78 is 117. The van der Waals surface area contributed by atoms with Gasteiger partial charge in [-0.15, -0.1) is 0 Å². The number of hydrogen-bond acceptors (Lipinski definition) is 4. The van der Waals surface area contributed by atoms with Gasteiger partial charge in [-0.05, 0) is 60.7 Å². The second-order valence-electron chi connectivity index (χ2n) is 10.3. The highest BCUT2D eigenvalue weighted by Crippen LogP contribution is 2.50. The van der Waals surface area contributed by atoms with E-state index in [1.807, 2.05) is 0 Å². The first-order valence-corrected chi connectivity index (χ1v) is 14.3. The average Bonchev–Trinajstić information content (AvgIpc) is 3.44. The third-order valence-corrected chi connectivity index (χ3v) is 7.97. The Labute approximate surface area is 276 Å². The van der Waals surface area contributed by atoms with E-state index in [1.54, 1.807) is 0 Å². The molecule has 2 atom stereocenters. The Bertz CT molecular complexity index is 1930. The maximum atomic E-state index is 15.7. The number of benzene rings is 4. The van der Waals surface area contributed by atoms with Gasteiger partial charge in [0.2, 0.25) is 11.8 Å². The zero-order valence-electron chi connectivity index (χ0n) is 24.4. The van der Waals surface area contributed by atoms with E-state index in [4.69, 9.17) is 32.7 Å². The van der Waals surface area contributed by atoms with Crippen LogP contribution in [0.1, 0.15) is 34.0 Å². The summed E-state index contributed by atoms with van der Waals surface area (Å²) in [5.74, 6) is -1.85. The number of anilines is 3. The number of alkyl halides is 8. The minimum Gasteiger partial charge on any atom is -0.496 e. The van der Waals surface area contributed by atoms with Gasteiger partial charge in [0.15, 0.2) is 0 Å². The topological polar surface area (TPSA) is 67.9 Å². The molecule has 4 aromatic carbocycles. The van der Waals surface area contributed by atoms with Crippen LogP contribution in [0.5, 0.6) is 11.5 Å². The molecule has 0 aromatic heterocycles. The average molecular weight is 719 g/mol. The summed E-state index contributed by atoms with van der Waals surface area (Å²) in [6.45, 7) is 0. The predicted octanol–water partition coefficient (Wildman–Crippen LogP) is 9.59. The molecule has 2 aliphatic heterocycles. The summed E-state index contributed by atoms with van der Waals surface area (Å²) in [4.78, 5) is 25.4. The van der Waals surface area contributed by atoms with E-state index in [0.29, 0.717) is 6.07 Å². The van der Waals surface area contributed by atoms with E-state index in [2.05, 4.69) is 5.32 Å². The Kier molecular flexibility index (Phi) is 9.03. The van der Waals surface area contributed by atoms with Crippen LogP contribution in [0.25, 0.3) is 0 Å². The highest BCUT2D eigenvalue weighted by atomic mass is 35.5. The lowest BCUT2D eigenvalue weighted by Gasteiger charge is -2.21. The summed E-state index contributed by atoms with van der Waals surface area (Å²) in [5, 5.41) is 2.55. The molecule has 2 heterocycles. The van der Waals surface area contributed by atoms with Crippen molar-refractivity contribution < 1.29 is 54.2 Å². The smallest absolute Gasteiger partial charge is 0.416 e. The van der Waals surface area contributed by atoms with Crippen LogP contribution >= 0.6 is 23.2 Å². The number of amides is 2. The standard InChI is InChI=1S/2C16H10ClF4NO2/c1-24-13-5-3-9(17)7-11(13)15(18)10-4-2-8(16(19,20)21)6-12(10)22-14(15)23;1-24-13-5-3-9(17)7-12(13)22-11-6-8(16(19,20)21)2-4-10(11)14(18)15(22)23/h2-7H,1H3,(H,22,23);2-7,14H,1H3/t15-;14-/m10/s1. The first-order chi connectivity index (χ1) is 22.4. The van der Waals surface area contributed by atoms with E-state index in [9.17, 15) is 40.3 Å². The molecule has 2 amide bonds. The summed E-state index contributed by atoms with van der Waals surface area (Å²) in [6, 6.07) is 13.2. The van der Waals surface area contributed by atoms with Crippen LogP contribution < -0.4 is 19.7 Å². The molecule has 0 aliphatic carbocycles. The SMILES string of the molecule is COc1ccc(Cl)cc1N1C(=O)[C@@H](F)c2ccc(C(F)(F)F)cc21.COc1ccc(Cl)cc1[C@@]1(F)C(=O)Nc2cc(C(F)(F)F)ccc21. The van der Waals surface area contributed by atoms with Crippen LogP contribution in [0.15, 0.2) is 72.8 Å². The number of rotatable bonds is 4. The van der Waals surface area contributed by atoms with Crippen molar-refractivity contribution in [1.82, 2.24) is 0 Å². The number of halogens is 10. The molecule has 2 aliphatic rings. The molecule has 0 bridgehead atoms. The van der Waals surface area contributed by atoms with Gasteiger partial charge in [-0.2, -0.15) is 26.3 Å².